The van der Waals surface area contributed by atoms with Gasteiger partial charge in [-0.1, -0.05) is 6.92 Å². The first-order valence-electron chi connectivity index (χ1n) is 6.68. The minimum atomic E-state index is -0.635. The zero-order chi connectivity index (χ0) is 15.8. The van der Waals surface area contributed by atoms with Gasteiger partial charge in [-0.25, -0.2) is 9.78 Å². The molecule has 0 bridgehead atoms. The lowest BCUT2D eigenvalue weighted by Gasteiger charge is -2.06. The predicted molar refractivity (Wildman–Crippen MR) is 76.7 cm³/mol. The van der Waals surface area contributed by atoms with Crippen molar-refractivity contribution in [1.29, 1.82) is 0 Å². The summed E-state index contributed by atoms with van der Waals surface area (Å²) < 4.78 is 10.2. The van der Waals surface area contributed by atoms with Crippen molar-refractivity contribution in [3.05, 3.63) is 39.4 Å². The number of rotatable bonds is 7. The molecule has 0 aliphatic rings. The van der Waals surface area contributed by atoms with Gasteiger partial charge in [0.15, 0.2) is 0 Å². The molecule has 0 spiro atoms. The zero-order valence-electron chi connectivity index (χ0n) is 12.3. The van der Waals surface area contributed by atoms with Crippen molar-refractivity contribution in [2.24, 2.45) is 0 Å². The second kappa shape index (κ2) is 7.98. The number of ether oxygens (including phenoxy) is 2. The molecule has 1 rings (SSSR count). The fourth-order valence-electron chi connectivity index (χ4n) is 1.63. The first-order chi connectivity index (χ1) is 10.0. The molecule has 0 radical (unpaired) electrons. The van der Waals surface area contributed by atoms with Crippen molar-refractivity contribution >= 4 is 17.7 Å². The van der Waals surface area contributed by atoms with E-state index in [0.29, 0.717) is 18.8 Å². The van der Waals surface area contributed by atoms with E-state index in [1.165, 1.54) is 12.3 Å². The molecule has 114 valence electrons. The molecule has 0 aliphatic carbocycles. The average molecular weight is 294 g/mol. The smallest absolute Gasteiger partial charge is 0.339 e. The zero-order valence-corrected chi connectivity index (χ0v) is 12.3. The van der Waals surface area contributed by atoms with Crippen molar-refractivity contribution in [3.8, 4) is 0 Å². The summed E-state index contributed by atoms with van der Waals surface area (Å²) in [7, 11) is 0. The van der Waals surface area contributed by atoms with Gasteiger partial charge < -0.3 is 9.47 Å². The number of hydrogen-bond donors (Lipinski definition) is 0. The number of carbonyl (C=O) groups is 1. The molecule has 0 saturated heterocycles. The summed E-state index contributed by atoms with van der Waals surface area (Å²) in [4.78, 5) is 26.1. The van der Waals surface area contributed by atoms with Crippen LogP contribution < -0.4 is 0 Å². The molecule has 0 aromatic carbocycles. The maximum Gasteiger partial charge on any atom is 0.339 e. The first-order valence-corrected chi connectivity index (χ1v) is 6.68. The molecule has 0 fully saturated rings. The monoisotopic (exact) mass is 294 g/mol. The van der Waals surface area contributed by atoms with Gasteiger partial charge in [0.2, 0.25) is 0 Å². The van der Waals surface area contributed by atoms with Gasteiger partial charge in [0.25, 0.3) is 5.69 Å². The number of nitrogens with zero attached hydrogens (tertiary/aromatic N) is 2. The number of esters is 1. The van der Waals surface area contributed by atoms with Gasteiger partial charge in [-0.3, -0.25) is 10.1 Å². The van der Waals surface area contributed by atoms with Gasteiger partial charge >= 0.3 is 5.97 Å². The molecule has 0 unspecified atom stereocenters. The Hall–Kier alpha value is -2.44. The van der Waals surface area contributed by atoms with Crippen molar-refractivity contribution in [1.82, 2.24) is 4.98 Å². The van der Waals surface area contributed by atoms with Crippen LogP contribution in [0.1, 0.15) is 43.2 Å². The second-order valence-corrected chi connectivity index (χ2v) is 4.00. The summed E-state index contributed by atoms with van der Waals surface area (Å²) in [5.74, 6) is -0.0406. The molecule has 0 N–H and O–H groups in total. The highest BCUT2D eigenvalue weighted by Gasteiger charge is 2.19. The quantitative estimate of drug-likeness (QED) is 0.332. The number of allylic oxidation sites excluding steroid dienone is 1. The Labute approximate surface area is 122 Å². The third kappa shape index (κ3) is 4.55. The number of pyridine rings is 1. The second-order valence-electron chi connectivity index (χ2n) is 4.00. The molecule has 1 heterocycles. The van der Waals surface area contributed by atoms with Gasteiger partial charge in [0.05, 0.1) is 29.5 Å². The van der Waals surface area contributed by atoms with Crippen LogP contribution in [0.2, 0.25) is 0 Å². The lowest BCUT2D eigenvalue weighted by Crippen LogP contribution is -2.07. The van der Waals surface area contributed by atoms with Gasteiger partial charge in [-0.15, -0.1) is 0 Å². The van der Waals surface area contributed by atoms with Crippen LogP contribution in [0.25, 0.3) is 6.08 Å². The Bertz CT molecular complexity index is 554. The highest BCUT2D eigenvalue weighted by atomic mass is 16.6. The van der Waals surface area contributed by atoms with Gasteiger partial charge in [0, 0.05) is 24.8 Å². The van der Waals surface area contributed by atoms with Crippen LogP contribution in [0.5, 0.6) is 0 Å². The van der Waals surface area contributed by atoms with Gasteiger partial charge in [0.1, 0.15) is 5.69 Å². The van der Waals surface area contributed by atoms with E-state index >= 15 is 0 Å². The van der Waals surface area contributed by atoms with Crippen LogP contribution >= 0.6 is 0 Å². The van der Waals surface area contributed by atoms with Crippen molar-refractivity contribution < 1.29 is 19.2 Å². The SMILES string of the molecule is CCOC(=O)c1cnc(/C=C(\CC)OCC)c([N+](=O)[O-])c1. The molecule has 1 aromatic rings. The summed E-state index contributed by atoms with van der Waals surface area (Å²) >= 11 is 0. The number of aromatic nitrogens is 1. The third-order valence-corrected chi connectivity index (χ3v) is 2.58. The number of carbonyl (C=O) groups excluding carboxylic acids is 1. The van der Waals surface area contributed by atoms with E-state index in [4.69, 9.17) is 9.47 Å². The molecule has 7 heteroatoms. The molecule has 7 nitrogen and oxygen atoms in total. The molecule has 21 heavy (non-hydrogen) atoms. The Morgan fingerprint density at radius 1 is 1.33 bits per heavy atom. The van der Waals surface area contributed by atoms with Crippen molar-refractivity contribution in [3.63, 3.8) is 0 Å². The standard InChI is InChI=1S/C14H18N2O5/c1-4-11(20-5-2)8-12-13(16(18)19)7-10(9-15-12)14(17)21-6-3/h7-9H,4-6H2,1-3H3/b11-8+. The van der Waals surface area contributed by atoms with E-state index < -0.39 is 10.9 Å². The summed E-state index contributed by atoms with van der Waals surface area (Å²) in [5, 5.41) is 11.1. The van der Waals surface area contributed by atoms with Gasteiger partial charge in [-0.05, 0) is 13.8 Å². The lowest BCUT2D eigenvalue weighted by molar-refractivity contribution is -0.385. The average Bonchev–Trinajstić information content (AvgIpc) is 2.47. The predicted octanol–water partition coefficient (Wildman–Crippen LogP) is 2.95. The Morgan fingerprint density at radius 3 is 2.52 bits per heavy atom. The molecular weight excluding hydrogens is 276 g/mol. The fraction of sp³-hybridized carbons (Fsp3) is 0.429. The topological polar surface area (TPSA) is 91.6 Å². The van der Waals surface area contributed by atoms with Crippen LogP contribution in [0, 0.1) is 10.1 Å². The molecule has 0 saturated carbocycles. The number of hydrogen-bond acceptors (Lipinski definition) is 6. The molecule has 0 atom stereocenters. The summed E-state index contributed by atoms with van der Waals surface area (Å²) in [6, 6.07) is 1.16. The summed E-state index contributed by atoms with van der Waals surface area (Å²) in [6.45, 7) is 6.02. The van der Waals surface area contributed by atoms with E-state index in [9.17, 15) is 14.9 Å². The normalized spacial score (nSPS) is 11.1. The van der Waals surface area contributed by atoms with Crippen LogP contribution in [-0.4, -0.2) is 29.1 Å². The summed E-state index contributed by atoms with van der Waals surface area (Å²) in [5.41, 5.74) is -0.0558. The van der Waals surface area contributed by atoms with E-state index in [2.05, 4.69) is 4.98 Å². The van der Waals surface area contributed by atoms with Crippen LogP contribution in [0.3, 0.4) is 0 Å². The minimum Gasteiger partial charge on any atom is -0.498 e. The lowest BCUT2D eigenvalue weighted by atomic mass is 10.2. The van der Waals surface area contributed by atoms with Gasteiger partial charge in [-0.2, -0.15) is 0 Å². The summed E-state index contributed by atoms with van der Waals surface area (Å²) in [6.07, 6.45) is 3.36. The van der Waals surface area contributed by atoms with E-state index in [0.717, 1.165) is 6.07 Å². The van der Waals surface area contributed by atoms with Crippen molar-refractivity contribution in [2.45, 2.75) is 27.2 Å². The van der Waals surface area contributed by atoms with E-state index in [1.54, 1.807) is 6.92 Å². The fourth-order valence-corrected chi connectivity index (χ4v) is 1.63. The largest absolute Gasteiger partial charge is 0.498 e. The highest BCUT2D eigenvalue weighted by molar-refractivity contribution is 5.90. The van der Waals surface area contributed by atoms with Crippen LogP contribution in [0.15, 0.2) is 18.0 Å². The molecule has 0 aliphatic heterocycles. The number of nitro groups is 1. The Balaban J connectivity index is 3.22. The van der Waals surface area contributed by atoms with E-state index in [1.807, 2.05) is 13.8 Å². The Kier molecular flexibility index (Phi) is 6.32. The van der Waals surface area contributed by atoms with Crippen LogP contribution in [0.4, 0.5) is 5.69 Å². The first kappa shape index (κ1) is 16.6. The maximum atomic E-state index is 11.6. The van der Waals surface area contributed by atoms with Crippen LogP contribution in [-0.2, 0) is 9.47 Å². The van der Waals surface area contributed by atoms with Crippen molar-refractivity contribution in [2.75, 3.05) is 13.2 Å². The Morgan fingerprint density at radius 2 is 2.00 bits per heavy atom. The third-order valence-electron chi connectivity index (χ3n) is 2.58. The van der Waals surface area contributed by atoms with E-state index in [-0.39, 0.29) is 23.6 Å². The molecular formula is C14H18N2O5. The maximum absolute atomic E-state index is 11.6. The molecule has 1 aromatic heterocycles. The minimum absolute atomic E-state index is 0.0511. The molecule has 0 amide bonds. The highest BCUT2D eigenvalue weighted by Crippen LogP contribution is 2.22.